The topological polar surface area (TPSA) is 140 Å². The van der Waals surface area contributed by atoms with E-state index in [1.54, 1.807) is 0 Å². The number of carbonyl (C=O) groups is 1. The van der Waals surface area contributed by atoms with Crippen molar-refractivity contribution in [3.05, 3.63) is 12.7 Å². The molecule has 0 saturated carbocycles. The van der Waals surface area contributed by atoms with Crippen LogP contribution < -0.4 is 0 Å². The van der Waals surface area contributed by atoms with E-state index in [9.17, 15) is 13.9 Å². The van der Waals surface area contributed by atoms with Crippen LogP contribution in [-0.4, -0.2) is 33.8 Å². The van der Waals surface area contributed by atoms with Crippen LogP contribution in [0.2, 0.25) is 0 Å². The second-order valence-electron chi connectivity index (χ2n) is 4.95. The summed E-state index contributed by atoms with van der Waals surface area (Å²) in [6.45, 7) is 2.25. The first kappa shape index (κ1) is 21.5. The number of hydrogen-bond acceptors (Lipinski definition) is 6. The van der Waals surface area contributed by atoms with Crippen LogP contribution >= 0.6 is 15.6 Å². The molecular weight excluding hydrogens is 362 g/mol. The predicted octanol–water partition coefficient (Wildman–Crippen LogP) is 3.06. The smallest absolute Gasteiger partial charge is 0.463 e. The lowest BCUT2D eigenvalue weighted by molar-refractivity contribution is -0.137. The zero-order chi connectivity index (χ0) is 19.3. The molecule has 0 amide bonds. The van der Waals surface area contributed by atoms with E-state index in [1.807, 2.05) is 0 Å². The van der Waals surface area contributed by atoms with Gasteiger partial charge in [-0.25, -0.2) is 13.9 Å². The SMILES string of the molecule is [2H]C(CCCCCCCCCOP(=O)(O)OP(=O)(O)O)OC(=O)C=C. The molecule has 0 bridgehead atoms. The summed E-state index contributed by atoms with van der Waals surface area (Å²) in [5.74, 6) is -0.596. The average molecular weight is 389 g/mol. The molecule has 0 radical (unpaired) electrons. The molecule has 24 heavy (non-hydrogen) atoms. The van der Waals surface area contributed by atoms with Gasteiger partial charge in [0, 0.05) is 6.08 Å². The zero-order valence-electron chi connectivity index (χ0n) is 14.4. The highest BCUT2D eigenvalue weighted by Crippen LogP contribution is 2.57. The van der Waals surface area contributed by atoms with Gasteiger partial charge in [0.25, 0.3) is 0 Å². The van der Waals surface area contributed by atoms with Crippen molar-refractivity contribution in [3.8, 4) is 0 Å². The van der Waals surface area contributed by atoms with Crippen molar-refractivity contribution >= 4 is 21.6 Å². The standard InChI is InChI=1S/C13H26O9P2/c1-2-13(14)20-11-9-7-5-3-4-6-8-10-12-21-24(18,19)22-23(15,16)17/h2H,1,3-12H2,(H,18,19)(H2,15,16,17)/i11D. The Morgan fingerprint density at radius 3 is 2.00 bits per heavy atom. The van der Waals surface area contributed by atoms with Crippen LogP contribution in [0.15, 0.2) is 12.7 Å². The Hall–Kier alpha value is -0.530. The van der Waals surface area contributed by atoms with Crippen LogP contribution in [0.5, 0.6) is 0 Å². The van der Waals surface area contributed by atoms with E-state index in [0.717, 1.165) is 44.6 Å². The van der Waals surface area contributed by atoms with Gasteiger partial charge in [0.05, 0.1) is 14.6 Å². The highest BCUT2D eigenvalue weighted by Gasteiger charge is 2.31. The quantitative estimate of drug-likeness (QED) is 0.167. The van der Waals surface area contributed by atoms with Crippen molar-refractivity contribution < 1.29 is 43.5 Å². The second kappa shape index (κ2) is 12.8. The fourth-order valence-electron chi connectivity index (χ4n) is 1.74. The van der Waals surface area contributed by atoms with Crippen LogP contribution in [0.4, 0.5) is 0 Å². The van der Waals surface area contributed by atoms with Crippen LogP contribution in [-0.2, 0) is 27.5 Å². The molecule has 0 aromatic carbocycles. The molecule has 2 unspecified atom stereocenters. The summed E-state index contributed by atoms with van der Waals surface area (Å²) in [6, 6.07) is 0. The summed E-state index contributed by atoms with van der Waals surface area (Å²) < 4.78 is 41.9. The molecule has 0 aromatic heterocycles. The molecule has 0 aliphatic carbocycles. The largest absolute Gasteiger partial charge is 0.481 e. The van der Waals surface area contributed by atoms with Gasteiger partial charge in [-0.3, -0.25) is 4.52 Å². The lowest BCUT2D eigenvalue weighted by Crippen LogP contribution is -2.01. The molecule has 0 rings (SSSR count). The van der Waals surface area contributed by atoms with E-state index in [1.165, 1.54) is 0 Å². The number of unbranched alkanes of at least 4 members (excludes halogenated alkanes) is 6. The zero-order valence-corrected chi connectivity index (χ0v) is 15.2. The Balaban J connectivity index is 3.50. The van der Waals surface area contributed by atoms with Crippen molar-refractivity contribution in [2.75, 3.05) is 13.2 Å². The Kier molecular flexibility index (Phi) is 11.5. The maximum absolute atomic E-state index is 11.1. The minimum Gasteiger partial charge on any atom is -0.463 e. The van der Waals surface area contributed by atoms with Gasteiger partial charge in [0.15, 0.2) is 0 Å². The van der Waals surface area contributed by atoms with Crippen LogP contribution in [0.25, 0.3) is 0 Å². The van der Waals surface area contributed by atoms with Gasteiger partial charge in [-0.05, 0) is 12.8 Å². The van der Waals surface area contributed by atoms with Crippen LogP contribution in [0, 0.1) is 0 Å². The number of rotatable bonds is 15. The van der Waals surface area contributed by atoms with E-state index in [4.69, 9.17) is 20.8 Å². The molecule has 3 N–H and O–H groups in total. The van der Waals surface area contributed by atoms with Gasteiger partial charge in [-0.1, -0.05) is 45.1 Å². The lowest BCUT2D eigenvalue weighted by atomic mass is 10.1. The van der Waals surface area contributed by atoms with Crippen molar-refractivity contribution in [2.45, 2.75) is 51.4 Å². The first-order chi connectivity index (χ1) is 11.6. The van der Waals surface area contributed by atoms with Crippen molar-refractivity contribution in [1.82, 2.24) is 0 Å². The summed E-state index contributed by atoms with van der Waals surface area (Å²) in [5, 5.41) is 0. The molecule has 2 atom stereocenters. The van der Waals surface area contributed by atoms with E-state index in [2.05, 4.69) is 15.4 Å². The highest BCUT2D eigenvalue weighted by atomic mass is 31.3. The third-order valence-electron chi connectivity index (χ3n) is 2.80. The Morgan fingerprint density at radius 2 is 1.50 bits per heavy atom. The minimum absolute atomic E-state index is 0.136. The molecule has 0 fully saturated rings. The molecule has 0 aliphatic rings. The molecule has 0 heterocycles. The number of esters is 1. The fraction of sp³-hybridized carbons (Fsp3) is 0.769. The average Bonchev–Trinajstić information content (AvgIpc) is 2.46. The number of hydrogen-bond donors (Lipinski definition) is 3. The predicted molar refractivity (Wildman–Crippen MR) is 87.0 cm³/mol. The summed E-state index contributed by atoms with van der Waals surface area (Å²) in [4.78, 5) is 36.7. The summed E-state index contributed by atoms with van der Waals surface area (Å²) >= 11 is 0. The molecule has 0 saturated heterocycles. The minimum atomic E-state index is -5.07. The van der Waals surface area contributed by atoms with Gasteiger partial charge in [-0.15, -0.1) is 0 Å². The van der Waals surface area contributed by atoms with Gasteiger partial charge in [0.2, 0.25) is 0 Å². The third kappa shape index (κ3) is 16.3. The van der Waals surface area contributed by atoms with Crippen molar-refractivity contribution in [1.29, 1.82) is 0 Å². The second-order valence-corrected chi connectivity index (χ2v) is 7.77. The highest BCUT2D eigenvalue weighted by molar-refractivity contribution is 7.60. The Bertz CT molecular complexity index is 494. The van der Waals surface area contributed by atoms with Gasteiger partial charge >= 0.3 is 21.6 Å². The lowest BCUT2D eigenvalue weighted by Gasteiger charge is -2.12. The van der Waals surface area contributed by atoms with E-state index in [0.29, 0.717) is 12.8 Å². The van der Waals surface area contributed by atoms with Crippen molar-refractivity contribution in [3.63, 3.8) is 0 Å². The summed E-state index contributed by atoms with van der Waals surface area (Å²) in [5.41, 5.74) is 0. The monoisotopic (exact) mass is 389 g/mol. The molecule has 0 spiro atoms. The van der Waals surface area contributed by atoms with Crippen LogP contribution in [0.3, 0.4) is 0 Å². The van der Waals surface area contributed by atoms with Gasteiger partial charge in [-0.2, -0.15) is 4.31 Å². The number of ether oxygens (including phenoxy) is 1. The maximum Gasteiger partial charge on any atom is 0.481 e. The van der Waals surface area contributed by atoms with E-state index < -0.39 is 28.2 Å². The number of phosphoric acid groups is 2. The molecule has 11 heteroatoms. The normalized spacial score (nSPS) is 16.0. The van der Waals surface area contributed by atoms with Gasteiger partial charge in [0.1, 0.15) is 0 Å². The summed E-state index contributed by atoms with van der Waals surface area (Å²) in [7, 11) is -9.79. The first-order valence-electron chi connectivity index (χ1n) is 8.13. The maximum atomic E-state index is 11.1. The first-order valence-corrected chi connectivity index (χ1v) is 10.6. The Labute approximate surface area is 143 Å². The Morgan fingerprint density at radius 1 is 1.00 bits per heavy atom. The van der Waals surface area contributed by atoms with Crippen molar-refractivity contribution in [2.24, 2.45) is 0 Å². The molecule has 9 nitrogen and oxygen atoms in total. The van der Waals surface area contributed by atoms with E-state index in [-0.39, 0.29) is 6.61 Å². The molecular formula is C13H26O9P2. The third-order valence-corrected chi connectivity index (χ3v) is 4.98. The van der Waals surface area contributed by atoms with Gasteiger partial charge < -0.3 is 19.4 Å². The molecule has 0 aromatic rings. The summed E-state index contributed by atoms with van der Waals surface area (Å²) in [6.07, 6.45) is 7.11. The number of phosphoric ester groups is 1. The number of carbonyl (C=O) groups excluding carboxylic acids is 1. The molecule has 142 valence electrons. The van der Waals surface area contributed by atoms with E-state index >= 15 is 0 Å². The fourth-order valence-corrected chi connectivity index (χ4v) is 3.36. The van der Waals surface area contributed by atoms with Crippen LogP contribution in [0.1, 0.15) is 52.7 Å². The molecule has 0 aliphatic heterocycles.